The Kier molecular flexibility index (Phi) is 29.2. The van der Waals surface area contributed by atoms with E-state index in [9.17, 15) is 5.41 Å². The molecule has 0 atom stereocenters. The van der Waals surface area contributed by atoms with Crippen LogP contribution in [0.15, 0.2) is 29.4 Å². The minimum absolute atomic E-state index is 0. The van der Waals surface area contributed by atoms with Gasteiger partial charge in [-0.2, -0.15) is 0 Å². The molecule has 0 spiro atoms. The Morgan fingerprint density at radius 1 is 0.436 bits per heavy atom. The Morgan fingerprint density at radius 2 is 0.641 bits per heavy atom. The zero-order chi connectivity index (χ0) is 30.0. The molecule has 4 heteroatoms. The van der Waals surface area contributed by atoms with Gasteiger partial charge in [-0.25, -0.2) is 0 Å². The molecule has 0 rings (SSSR count). The first kappa shape index (κ1) is 53.3. The molecular weight excluding hydrogens is 701 g/mol. The second-order valence-electron chi connectivity index (χ2n) is 15.7. The Labute approximate surface area is 323 Å². The van der Waals surface area contributed by atoms with E-state index < -0.39 is 0 Å². The minimum atomic E-state index is -0.168. The van der Waals surface area contributed by atoms with Crippen LogP contribution in [0, 0.1) is 63.9 Å². The van der Waals surface area contributed by atoms with Gasteiger partial charge in [-0.15, -0.1) is 27.1 Å². The van der Waals surface area contributed by atoms with Crippen LogP contribution >= 0.6 is 0 Å². The molecule has 39 heavy (non-hydrogen) atoms. The Morgan fingerprint density at radius 3 is 0.795 bits per heavy atom. The third kappa shape index (κ3) is 39.7. The Hall–Kier alpha value is 1.68. The van der Waals surface area contributed by atoms with Crippen molar-refractivity contribution in [3.05, 3.63) is 66.2 Å². The van der Waals surface area contributed by atoms with Crippen LogP contribution in [-0.2, 0) is 98.1 Å². The zero-order valence-corrected chi connectivity index (χ0v) is 37.6. The van der Waals surface area contributed by atoms with Crippen LogP contribution in [0.3, 0.4) is 0 Å². The average Bonchev–Trinajstić information content (AvgIpc) is 2.58. The van der Waals surface area contributed by atoms with E-state index in [1.165, 1.54) is 0 Å². The molecule has 0 aliphatic carbocycles. The summed E-state index contributed by atoms with van der Waals surface area (Å²) in [7, 11) is 0. The van der Waals surface area contributed by atoms with Crippen LogP contribution in [0.4, 0.5) is 0 Å². The van der Waals surface area contributed by atoms with Crippen molar-refractivity contribution in [1.82, 2.24) is 0 Å². The molecule has 0 aromatic rings. The predicted molar refractivity (Wildman–Crippen MR) is 164 cm³/mol. The monoisotopic (exact) mass is 760 g/mol. The van der Waals surface area contributed by atoms with E-state index in [2.05, 4.69) is 122 Å². The summed E-state index contributed by atoms with van der Waals surface area (Å²) in [6.07, 6.45) is 15.1. The average molecular weight is 761 g/mol. The molecule has 0 bridgehead atoms. The molecule has 0 fully saturated rings. The van der Waals surface area contributed by atoms with E-state index in [1.54, 1.807) is 6.08 Å². The maximum absolute atomic E-state index is 9.55. The van der Waals surface area contributed by atoms with Crippen molar-refractivity contribution in [2.75, 3.05) is 0 Å². The maximum Gasteiger partial charge on any atom is 0 e. The van der Waals surface area contributed by atoms with Crippen LogP contribution in [0.25, 0.3) is 5.41 Å². The van der Waals surface area contributed by atoms with Crippen molar-refractivity contribution in [1.29, 1.82) is 0 Å². The first-order valence-corrected chi connectivity index (χ1v) is 13.0. The van der Waals surface area contributed by atoms with E-state index in [-0.39, 0.29) is 131 Å². The number of rotatable bonds is 3. The minimum Gasteiger partial charge on any atom is -0.908 e. The number of nitrogens with zero attached hydrogens (tertiary/aromatic N) is 1. The summed E-state index contributed by atoms with van der Waals surface area (Å²) < 4.78 is 0. The first-order chi connectivity index (χ1) is 15.4. The number of allylic oxidation sites excluding steroid dienone is 8. The summed E-state index contributed by atoms with van der Waals surface area (Å²) >= 11 is 0. The second-order valence-corrected chi connectivity index (χ2v) is 15.7. The van der Waals surface area contributed by atoms with Crippen molar-refractivity contribution in [3.63, 3.8) is 0 Å². The van der Waals surface area contributed by atoms with Crippen molar-refractivity contribution < 1.29 is 98.1 Å². The van der Waals surface area contributed by atoms with Gasteiger partial charge in [0.2, 0.25) is 0 Å². The van der Waals surface area contributed by atoms with Gasteiger partial charge >= 0.3 is 0 Å². The van der Waals surface area contributed by atoms with E-state index >= 15 is 0 Å². The van der Waals surface area contributed by atoms with Crippen LogP contribution in [-0.4, -0.2) is 5.71 Å². The molecule has 3 radical (unpaired) electrons. The van der Waals surface area contributed by atoms with Gasteiger partial charge in [0.25, 0.3) is 0 Å². The quantitative estimate of drug-likeness (QED) is 0.155. The van der Waals surface area contributed by atoms with Crippen LogP contribution in [0.1, 0.15) is 125 Å². The predicted octanol–water partition coefficient (Wildman–Crippen LogP) is 11.0. The molecule has 0 saturated carbocycles. The topological polar surface area (TPSA) is 22.3 Å². The fraction of sp³-hybridized carbons (Fsp3) is 0.686. The maximum atomic E-state index is 9.55. The zero-order valence-electron chi connectivity index (χ0n) is 29.1. The summed E-state index contributed by atoms with van der Waals surface area (Å²) in [5, 5.41) is 9.55. The molecule has 0 saturated heterocycles. The molecule has 0 N–H and O–H groups in total. The summed E-state index contributed by atoms with van der Waals surface area (Å²) in [5.41, 5.74) is 2.30. The first-order valence-electron chi connectivity index (χ1n) is 13.0. The van der Waals surface area contributed by atoms with E-state index in [0.717, 1.165) is 11.1 Å². The van der Waals surface area contributed by atoms with E-state index in [1.807, 2.05) is 32.9 Å². The third-order valence-corrected chi connectivity index (χ3v) is 4.46. The van der Waals surface area contributed by atoms with Crippen molar-refractivity contribution in [2.24, 2.45) is 32.5 Å². The molecule has 0 aromatic heterocycles. The van der Waals surface area contributed by atoms with E-state index in [4.69, 9.17) is 13.2 Å². The molecule has 0 unspecified atom stereocenters. The van der Waals surface area contributed by atoms with Crippen molar-refractivity contribution in [2.45, 2.75) is 125 Å². The summed E-state index contributed by atoms with van der Waals surface area (Å²) in [6.45, 7) is 49.1. The fourth-order valence-electron chi connectivity index (χ4n) is 1.52. The van der Waals surface area contributed by atoms with Gasteiger partial charge in [0, 0.05) is 98.1 Å². The number of hydrogen-bond acceptors (Lipinski definition) is 0. The Balaban J connectivity index is -0.000000101. The van der Waals surface area contributed by atoms with Crippen molar-refractivity contribution >= 4 is 5.71 Å². The van der Waals surface area contributed by atoms with Gasteiger partial charge < -0.3 is 59.7 Å². The summed E-state index contributed by atoms with van der Waals surface area (Å²) in [6, 6.07) is 0. The fourth-order valence-corrected chi connectivity index (χ4v) is 1.52. The molecule has 219 valence electrons. The van der Waals surface area contributed by atoms with Gasteiger partial charge in [0.05, 0.1) is 0 Å². The normalized spacial score (nSPS) is 12.8. The van der Waals surface area contributed by atoms with Gasteiger partial charge in [0.15, 0.2) is 0 Å². The molecule has 0 aliphatic rings. The summed E-state index contributed by atoms with van der Waals surface area (Å²) in [4.78, 5) is 0. The Bertz CT molecular complexity index is 674. The standard InChI is InChI=1S/2C12H20.C11H19N.3Y/c2*1-10(12(5,6)7)8-9-11(2,3)4;1-10(2,3)8-7-9(12)11(4,5)6;;;/h2*1,8H,2-7H3;7H,1-6H3;;;/q3*-2;;;. The largest absolute Gasteiger partial charge is 0.908 e. The molecule has 0 amide bonds. The SMILES string of the molecule is CC(C)(C)[C-]=CC(=[N-])C(C)(C)C.[CH-]=C(C=[C-]C(C)(C)C)C(C)(C)C.[CH-]=C(C=[C-]C(C)(C)C)C(C)(C)C.[Y].[Y].[Y]. The van der Waals surface area contributed by atoms with Gasteiger partial charge in [0.1, 0.15) is 0 Å². The van der Waals surface area contributed by atoms with E-state index in [0.29, 0.717) is 5.71 Å². The van der Waals surface area contributed by atoms with Crippen LogP contribution in [0.5, 0.6) is 0 Å². The molecule has 0 aliphatic heterocycles. The molecule has 0 heterocycles. The molecule has 0 aromatic carbocycles. The van der Waals surface area contributed by atoms with Crippen LogP contribution in [0.2, 0.25) is 0 Å². The molecule has 1 nitrogen and oxygen atoms in total. The van der Waals surface area contributed by atoms with Gasteiger partial charge in [-0.05, 0) is 0 Å². The van der Waals surface area contributed by atoms with Crippen molar-refractivity contribution in [3.8, 4) is 0 Å². The second kappa shape index (κ2) is 21.4. The molecular formula is C35H59NY3-6. The van der Waals surface area contributed by atoms with Gasteiger partial charge in [-0.1, -0.05) is 130 Å². The van der Waals surface area contributed by atoms with Gasteiger partial charge in [-0.3, -0.25) is 12.2 Å². The number of hydrogen-bond donors (Lipinski definition) is 0. The third-order valence-electron chi connectivity index (χ3n) is 4.46. The van der Waals surface area contributed by atoms with Crippen LogP contribution < -0.4 is 0 Å². The smallest absolute Gasteiger partial charge is 0 e. The summed E-state index contributed by atoms with van der Waals surface area (Å²) in [5.74, 6) is 0.